The average molecular weight is 368 g/mol. The molecule has 0 radical (unpaired) electrons. The quantitative estimate of drug-likeness (QED) is 0.846. The SMILES string of the molecule is COCCc1nc2cc(NC(=O)C3CCCCC3(C)N)ccc2o1.Cl. The van der Waals surface area contributed by atoms with Crippen LogP contribution in [0, 0.1) is 5.92 Å². The highest BCUT2D eigenvalue weighted by atomic mass is 35.5. The van der Waals surface area contributed by atoms with E-state index in [1.165, 1.54) is 0 Å². The molecule has 6 nitrogen and oxygen atoms in total. The number of hydrogen-bond acceptors (Lipinski definition) is 5. The number of ether oxygens (including phenoxy) is 1. The van der Waals surface area contributed by atoms with Gasteiger partial charge in [-0.3, -0.25) is 4.79 Å². The molecule has 2 aromatic rings. The topological polar surface area (TPSA) is 90.4 Å². The van der Waals surface area contributed by atoms with Crippen LogP contribution in [0.2, 0.25) is 0 Å². The molecule has 0 spiro atoms. The van der Waals surface area contributed by atoms with E-state index < -0.39 is 5.54 Å². The number of carbonyl (C=O) groups excluding carboxylic acids is 1. The van der Waals surface area contributed by atoms with Crippen LogP contribution in [-0.4, -0.2) is 30.1 Å². The molecule has 3 N–H and O–H groups in total. The number of methoxy groups -OCH3 is 1. The van der Waals surface area contributed by atoms with Gasteiger partial charge in [0.2, 0.25) is 5.91 Å². The van der Waals surface area contributed by atoms with Gasteiger partial charge >= 0.3 is 0 Å². The van der Waals surface area contributed by atoms with E-state index in [1.807, 2.05) is 25.1 Å². The third-order valence-corrected chi connectivity index (χ3v) is 4.79. The summed E-state index contributed by atoms with van der Waals surface area (Å²) in [5, 5.41) is 2.99. The van der Waals surface area contributed by atoms with E-state index in [4.69, 9.17) is 14.9 Å². The van der Waals surface area contributed by atoms with Crippen molar-refractivity contribution in [2.75, 3.05) is 19.0 Å². The van der Waals surface area contributed by atoms with Gasteiger partial charge in [0, 0.05) is 24.8 Å². The number of oxazole rings is 1. The number of fused-ring (bicyclic) bond motifs is 1. The van der Waals surface area contributed by atoms with Gasteiger partial charge in [-0.05, 0) is 38.0 Å². The second-order valence-corrected chi connectivity index (χ2v) is 6.83. The van der Waals surface area contributed by atoms with Crippen LogP contribution in [0.4, 0.5) is 5.69 Å². The normalized spacial score (nSPS) is 23.2. The molecule has 2 atom stereocenters. The van der Waals surface area contributed by atoms with Crippen LogP contribution in [0.3, 0.4) is 0 Å². The lowest BCUT2D eigenvalue weighted by Crippen LogP contribution is -2.51. The molecule has 1 aromatic heterocycles. The number of nitrogens with zero attached hydrogens (tertiary/aromatic N) is 1. The van der Waals surface area contributed by atoms with Gasteiger partial charge in [0.15, 0.2) is 11.5 Å². The lowest BCUT2D eigenvalue weighted by atomic mass is 9.74. The molecule has 138 valence electrons. The van der Waals surface area contributed by atoms with Crippen molar-refractivity contribution in [2.45, 2.75) is 44.6 Å². The molecule has 3 rings (SSSR count). The Morgan fingerprint density at radius 3 is 3.00 bits per heavy atom. The third kappa shape index (κ3) is 4.51. The van der Waals surface area contributed by atoms with Crippen LogP contribution >= 0.6 is 12.4 Å². The maximum absolute atomic E-state index is 12.6. The van der Waals surface area contributed by atoms with Gasteiger partial charge in [0.25, 0.3) is 0 Å². The van der Waals surface area contributed by atoms with Gasteiger partial charge in [0.1, 0.15) is 5.52 Å². The molecular weight excluding hydrogens is 342 g/mol. The number of anilines is 1. The van der Waals surface area contributed by atoms with Crippen molar-refractivity contribution in [3.8, 4) is 0 Å². The molecule has 7 heteroatoms. The Bertz CT molecular complexity index is 729. The van der Waals surface area contributed by atoms with Crippen LogP contribution in [0.1, 0.15) is 38.5 Å². The van der Waals surface area contributed by atoms with Crippen LogP contribution in [0.5, 0.6) is 0 Å². The highest BCUT2D eigenvalue weighted by Crippen LogP contribution is 2.32. The molecular formula is C18H26ClN3O3. The molecule has 1 heterocycles. The molecule has 25 heavy (non-hydrogen) atoms. The van der Waals surface area contributed by atoms with Gasteiger partial charge in [-0.1, -0.05) is 12.8 Å². The summed E-state index contributed by atoms with van der Waals surface area (Å²) in [6.07, 6.45) is 4.49. The Morgan fingerprint density at radius 2 is 2.28 bits per heavy atom. The largest absolute Gasteiger partial charge is 0.441 e. The Balaban J connectivity index is 0.00000225. The lowest BCUT2D eigenvalue weighted by Gasteiger charge is -2.37. The first-order chi connectivity index (χ1) is 11.5. The highest BCUT2D eigenvalue weighted by Gasteiger charge is 2.37. The maximum atomic E-state index is 12.6. The fraction of sp³-hybridized carbons (Fsp3) is 0.556. The number of halogens is 1. The zero-order valence-corrected chi connectivity index (χ0v) is 15.5. The Labute approximate surface area is 153 Å². The molecule has 1 aliphatic rings. The monoisotopic (exact) mass is 367 g/mol. The van der Waals surface area contributed by atoms with E-state index in [0.29, 0.717) is 24.5 Å². The van der Waals surface area contributed by atoms with Crippen molar-refractivity contribution in [1.82, 2.24) is 4.98 Å². The number of nitrogens with two attached hydrogens (primary N) is 1. The summed E-state index contributed by atoms with van der Waals surface area (Å²) in [6.45, 7) is 2.53. The minimum absolute atomic E-state index is 0. The number of rotatable bonds is 5. The second kappa shape index (κ2) is 8.17. The molecule has 0 bridgehead atoms. The smallest absolute Gasteiger partial charge is 0.229 e. The van der Waals surface area contributed by atoms with Gasteiger partial charge in [-0.15, -0.1) is 12.4 Å². The Morgan fingerprint density at radius 1 is 1.48 bits per heavy atom. The van der Waals surface area contributed by atoms with Crippen molar-refractivity contribution < 1.29 is 13.9 Å². The molecule has 1 amide bonds. The first-order valence-corrected chi connectivity index (χ1v) is 8.48. The number of aromatic nitrogens is 1. The van der Waals surface area contributed by atoms with E-state index in [9.17, 15) is 4.79 Å². The van der Waals surface area contributed by atoms with Crippen molar-refractivity contribution >= 4 is 35.1 Å². The maximum Gasteiger partial charge on any atom is 0.229 e. The van der Waals surface area contributed by atoms with Crippen LogP contribution < -0.4 is 11.1 Å². The molecule has 1 saturated carbocycles. The van der Waals surface area contributed by atoms with E-state index in [0.717, 1.165) is 36.9 Å². The zero-order chi connectivity index (χ0) is 17.2. The van der Waals surface area contributed by atoms with Crippen molar-refractivity contribution in [2.24, 2.45) is 11.7 Å². The van der Waals surface area contributed by atoms with E-state index in [-0.39, 0.29) is 24.2 Å². The fourth-order valence-corrected chi connectivity index (χ4v) is 3.37. The van der Waals surface area contributed by atoms with Gasteiger partial charge in [-0.25, -0.2) is 4.98 Å². The first kappa shape index (κ1) is 19.7. The lowest BCUT2D eigenvalue weighted by molar-refractivity contribution is -0.122. The number of benzene rings is 1. The Hall–Kier alpha value is -1.63. The first-order valence-electron chi connectivity index (χ1n) is 8.48. The minimum Gasteiger partial charge on any atom is -0.441 e. The van der Waals surface area contributed by atoms with Crippen LogP contribution in [0.25, 0.3) is 11.1 Å². The summed E-state index contributed by atoms with van der Waals surface area (Å²) in [6, 6.07) is 5.50. The number of hydrogen-bond donors (Lipinski definition) is 2. The molecule has 1 aromatic carbocycles. The number of carbonyl (C=O) groups is 1. The molecule has 2 unspecified atom stereocenters. The summed E-state index contributed by atoms with van der Waals surface area (Å²) >= 11 is 0. The fourth-order valence-electron chi connectivity index (χ4n) is 3.37. The van der Waals surface area contributed by atoms with E-state index >= 15 is 0 Å². The minimum atomic E-state index is -0.437. The molecule has 1 aliphatic carbocycles. The zero-order valence-electron chi connectivity index (χ0n) is 14.7. The summed E-state index contributed by atoms with van der Waals surface area (Å²) in [5.41, 5.74) is 8.05. The average Bonchev–Trinajstić information content (AvgIpc) is 2.94. The molecule has 1 fully saturated rings. The van der Waals surface area contributed by atoms with Crippen LogP contribution in [0.15, 0.2) is 22.6 Å². The summed E-state index contributed by atoms with van der Waals surface area (Å²) in [4.78, 5) is 17.1. The van der Waals surface area contributed by atoms with E-state index in [1.54, 1.807) is 7.11 Å². The summed E-state index contributed by atoms with van der Waals surface area (Å²) in [7, 11) is 1.65. The van der Waals surface area contributed by atoms with Gasteiger partial charge in [0.05, 0.1) is 12.5 Å². The number of amides is 1. The highest BCUT2D eigenvalue weighted by molar-refractivity contribution is 5.95. The molecule has 0 saturated heterocycles. The van der Waals surface area contributed by atoms with Crippen molar-refractivity contribution in [3.63, 3.8) is 0 Å². The summed E-state index contributed by atoms with van der Waals surface area (Å²) < 4.78 is 10.7. The summed E-state index contributed by atoms with van der Waals surface area (Å²) in [5.74, 6) is 0.468. The third-order valence-electron chi connectivity index (χ3n) is 4.79. The van der Waals surface area contributed by atoms with Crippen LogP contribution in [-0.2, 0) is 16.0 Å². The second-order valence-electron chi connectivity index (χ2n) is 6.83. The predicted molar refractivity (Wildman–Crippen MR) is 100 cm³/mol. The van der Waals surface area contributed by atoms with Crippen molar-refractivity contribution in [1.29, 1.82) is 0 Å². The van der Waals surface area contributed by atoms with Gasteiger partial charge < -0.3 is 20.2 Å². The van der Waals surface area contributed by atoms with Crippen molar-refractivity contribution in [3.05, 3.63) is 24.1 Å². The molecule has 0 aliphatic heterocycles. The van der Waals surface area contributed by atoms with E-state index in [2.05, 4.69) is 10.3 Å². The standard InChI is InChI=1S/C18H25N3O3.ClH/c1-18(19)9-4-3-5-13(18)17(22)20-12-6-7-15-14(11-12)21-16(24-15)8-10-23-2;/h6-7,11,13H,3-5,8-10,19H2,1-2H3,(H,20,22);1H. The Kier molecular flexibility index (Phi) is 6.43. The van der Waals surface area contributed by atoms with Gasteiger partial charge in [-0.2, -0.15) is 0 Å². The number of nitrogens with one attached hydrogen (secondary N) is 1. The predicted octanol–water partition coefficient (Wildman–Crippen LogP) is 3.28.